The standard InChI is InChI=1S/C11H9BrCl2N2O2S2/c1-5-3-9(19-10(5)12)20(17,18)16-11-8(14)4-7(13)6(2)15-11/h3-4H,1-2H3,(H,15,16). The third-order valence-electron chi connectivity index (χ3n) is 2.44. The Morgan fingerprint density at radius 2 is 1.90 bits per heavy atom. The molecule has 0 spiro atoms. The Balaban J connectivity index is 2.40. The van der Waals surface area contributed by atoms with Gasteiger partial charge in [-0.15, -0.1) is 11.3 Å². The van der Waals surface area contributed by atoms with Crippen LogP contribution < -0.4 is 4.72 Å². The number of hydrogen-bond donors (Lipinski definition) is 1. The number of nitrogens with one attached hydrogen (secondary N) is 1. The van der Waals surface area contributed by atoms with Gasteiger partial charge >= 0.3 is 0 Å². The van der Waals surface area contributed by atoms with Crippen LogP contribution in [0.15, 0.2) is 20.1 Å². The van der Waals surface area contributed by atoms with Gasteiger partial charge in [-0.25, -0.2) is 13.4 Å². The van der Waals surface area contributed by atoms with E-state index < -0.39 is 10.0 Å². The van der Waals surface area contributed by atoms with Crippen LogP contribution in [0.25, 0.3) is 0 Å². The lowest BCUT2D eigenvalue weighted by Gasteiger charge is -2.08. The molecule has 20 heavy (non-hydrogen) atoms. The first-order valence-electron chi connectivity index (χ1n) is 5.32. The zero-order valence-corrected chi connectivity index (χ0v) is 15.1. The minimum absolute atomic E-state index is 0.0655. The lowest BCUT2D eigenvalue weighted by atomic mass is 10.4. The van der Waals surface area contributed by atoms with Crippen LogP contribution in [0, 0.1) is 13.8 Å². The molecule has 2 aromatic heterocycles. The Morgan fingerprint density at radius 1 is 1.25 bits per heavy atom. The summed E-state index contributed by atoms with van der Waals surface area (Å²) in [6.07, 6.45) is 0. The molecule has 2 heterocycles. The van der Waals surface area contributed by atoms with E-state index in [1.807, 2.05) is 6.92 Å². The number of aryl methyl sites for hydroxylation is 2. The summed E-state index contributed by atoms with van der Waals surface area (Å²) in [5.74, 6) is 0.0655. The van der Waals surface area contributed by atoms with E-state index in [0.29, 0.717) is 10.7 Å². The molecule has 2 aromatic rings. The van der Waals surface area contributed by atoms with E-state index in [2.05, 4.69) is 25.6 Å². The van der Waals surface area contributed by atoms with E-state index in [1.165, 1.54) is 6.07 Å². The number of pyridine rings is 1. The second-order valence-electron chi connectivity index (χ2n) is 4.01. The molecule has 4 nitrogen and oxygen atoms in total. The van der Waals surface area contributed by atoms with Gasteiger partial charge in [0.05, 0.1) is 19.5 Å². The van der Waals surface area contributed by atoms with Gasteiger partial charge in [-0.2, -0.15) is 0 Å². The summed E-state index contributed by atoms with van der Waals surface area (Å²) in [6.45, 7) is 3.49. The third kappa shape index (κ3) is 3.28. The van der Waals surface area contributed by atoms with Crippen molar-refractivity contribution in [1.82, 2.24) is 4.98 Å². The van der Waals surface area contributed by atoms with Gasteiger partial charge in [0.2, 0.25) is 0 Å². The first-order chi connectivity index (χ1) is 9.20. The van der Waals surface area contributed by atoms with E-state index >= 15 is 0 Å². The number of thiophene rings is 1. The van der Waals surface area contributed by atoms with Crippen LogP contribution >= 0.6 is 50.5 Å². The molecule has 0 aromatic carbocycles. The summed E-state index contributed by atoms with van der Waals surface area (Å²) in [7, 11) is -3.72. The molecule has 0 aliphatic carbocycles. The maximum Gasteiger partial charge on any atom is 0.272 e. The predicted octanol–water partition coefficient (Wildman–Crippen LogP) is 4.63. The monoisotopic (exact) mass is 414 g/mol. The van der Waals surface area contributed by atoms with E-state index in [-0.39, 0.29) is 15.0 Å². The molecular weight excluding hydrogens is 407 g/mol. The summed E-state index contributed by atoms with van der Waals surface area (Å²) < 4.78 is 27.9. The minimum Gasteiger partial charge on any atom is -0.261 e. The summed E-state index contributed by atoms with van der Waals surface area (Å²) in [4.78, 5) is 4.05. The normalized spacial score (nSPS) is 11.7. The number of sulfonamides is 1. The van der Waals surface area contributed by atoms with Crippen LogP contribution in [0.1, 0.15) is 11.3 Å². The largest absolute Gasteiger partial charge is 0.272 e. The summed E-state index contributed by atoms with van der Waals surface area (Å²) >= 11 is 16.2. The smallest absolute Gasteiger partial charge is 0.261 e. The van der Waals surface area contributed by atoms with Crippen molar-refractivity contribution in [3.8, 4) is 0 Å². The average molecular weight is 416 g/mol. The van der Waals surface area contributed by atoms with Gasteiger partial charge in [0.1, 0.15) is 4.21 Å². The van der Waals surface area contributed by atoms with Crippen molar-refractivity contribution in [3.63, 3.8) is 0 Å². The van der Waals surface area contributed by atoms with Gasteiger partial charge in [0.25, 0.3) is 10.0 Å². The van der Waals surface area contributed by atoms with Crippen LogP contribution in [0.3, 0.4) is 0 Å². The molecule has 2 rings (SSSR count). The lowest BCUT2D eigenvalue weighted by Crippen LogP contribution is -2.13. The van der Waals surface area contributed by atoms with E-state index in [0.717, 1.165) is 20.7 Å². The minimum atomic E-state index is -3.72. The second-order valence-corrected chi connectivity index (χ2v) is 9.11. The van der Waals surface area contributed by atoms with E-state index in [9.17, 15) is 8.42 Å². The van der Waals surface area contributed by atoms with Crippen molar-refractivity contribution in [3.05, 3.63) is 37.2 Å². The second kappa shape index (κ2) is 5.81. The van der Waals surface area contributed by atoms with E-state index in [4.69, 9.17) is 23.2 Å². The Kier molecular flexibility index (Phi) is 4.66. The number of nitrogens with zero attached hydrogens (tertiary/aromatic N) is 1. The summed E-state index contributed by atoms with van der Waals surface area (Å²) in [5.41, 5.74) is 1.35. The van der Waals surface area contributed by atoms with Crippen molar-refractivity contribution in [2.45, 2.75) is 18.1 Å². The molecule has 0 radical (unpaired) electrons. The average Bonchev–Trinajstić information content (AvgIpc) is 2.67. The summed E-state index contributed by atoms with van der Waals surface area (Å²) in [5, 5.41) is 0.532. The molecule has 0 fully saturated rings. The highest BCUT2D eigenvalue weighted by atomic mass is 79.9. The van der Waals surface area contributed by atoms with Crippen molar-refractivity contribution in [2.75, 3.05) is 4.72 Å². The molecule has 0 atom stereocenters. The number of halogens is 3. The number of hydrogen-bond acceptors (Lipinski definition) is 4. The molecular formula is C11H9BrCl2N2O2S2. The SMILES string of the molecule is Cc1cc(S(=O)(=O)Nc2nc(C)c(Cl)cc2Cl)sc1Br. The van der Waals surface area contributed by atoms with Crippen LogP contribution in [-0.2, 0) is 10.0 Å². The quantitative estimate of drug-likeness (QED) is 0.794. The topological polar surface area (TPSA) is 59.1 Å². The molecule has 108 valence electrons. The predicted molar refractivity (Wildman–Crippen MR) is 86.6 cm³/mol. The van der Waals surface area contributed by atoms with Gasteiger partial charge in [0, 0.05) is 0 Å². The van der Waals surface area contributed by atoms with Crippen molar-refractivity contribution in [1.29, 1.82) is 0 Å². The molecule has 0 aliphatic heterocycles. The zero-order chi connectivity index (χ0) is 15.1. The van der Waals surface area contributed by atoms with Gasteiger partial charge in [0.15, 0.2) is 5.82 Å². The molecule has 0 saturated carbocycles. The Morgan fingerprint density at radius 3 is 2.45 bits per heavy atom. The van der Waals surface area contributed by atoms with Gasteiger partial charge in [-0.05, 0) is 47.5 Å². The van der Waals surface area contributed by atoms with Crippen molar-refractivity contribution < 1.29 is 8.42 Å². The molecule has 0 saturated heterocycles. The fourth-order valence-electron chi connectivity index (χ4n) is 1.37. The van der Waals surface area contributed by atoms with Gasteiger partial charge in [-0.1, -0.05) is 23.2 Å². The third-order valence-corrected chi connectivity index (χ3v) is 7.06. The highest BCUT2D eigenvalue weighted by molar-refractivity contribution is 9.11. The highest BCUT2D eigenvalue weighted by Gasteiger charge is 2.20. The fraction of sp³-hybridized carbons (Fsp3) is 0.182. The Bertz CT molecular complexity index is 755. The molecule has 0 aliphatic rings. The van der Waals surface area contributed by atoms with Crippen molar-refractivity contribution >= 4 is 66.3 Å². The molecule has 0 amide bonds. The molecule has 9 heteroatoms. The first kappa shape index (κ1) is 16.0. The van der Waals surface area contributed by atoms with Crippen LogP contribution in [0.4, 0.5) is 5.82 Å². The Hall–Kier alpha value is -0.340. The zero-order valence-electron chi connectivity index (χ0n) is 10.4. The van der Waals surface area contributed by atoms with Crippen LogP contribution in [0.5, 0.6) is 0 Å². The fourth-order valence-corrected chi connectivity index (χ4v) is 5.08. The van der Waals surface area contributed by atoms with Crippen molar-refractivity contribution in [2.24, 2.45) is 0 Å². The van der Waals surface area contributed by atoms with Crippen LogP contribution in [-0.4, -0.2) is 13.4 Å². The first-order valence-corrected chi connectivity index (χ1v) is 9.17. The Labute approximate surface area is 139 Å². The number of rotatable bonds is 3. The van der Waals surface area contributed by atoms with Gasteiger partial charge < -0.3 is 0 Å². The maximum atomic E-state index is 12.3. The molecule has 0 unspecified atom stereocenters. The summed E-state index contributed by atoms with van der Waals surface area (Å²) in [6, 6.07) is 3.03. The number of anilines is 1. The number of aromatic nitrogens is 1. The van der Waals surface area contributed by atoms with Gasteiger partial charge in [-0.3, -0.25) is 4.72 Å². The lowest BCUT2D eigenvalue weighted by molar-refractivity contribution is 0.603. The van der Waals surface area contributed by atoms with Crippen LogP contribution in [0.2, 0.25) is 10.0 Å². The highest BCUT2D eigenvalue weighted by Crippen LogP contribution is 2.33. The molecule has 0 bridgehead atoms. The maximum absolute atomic E-state index is 12.3. The molecule has 1 N–H and O–H groups in total. The van der Waals surface area contributed by atoms with E-state index in [1.54, 1.807) is 13.0 Å².